The van der Waals surface area contributed by atoms with E-state index in [0.717, 1.165) is 11.3 Å². The SMILES string of the molecule is COC(=O)c1ccc(N)nc1-c1ccc(Oc2ccccc2)cc1. The Morgan fingerprint density at radius 3 is 2.25 bits per heavy atom. The van der Waals surface area contributed by atoms with E-state index < -0.39 is 5.97 Å². The molecular weight excluding hydrogens is 304 g/mol. The fourth-order valence-electron chi connectivity index (χ4n) is 2.27. The molecule has 0 unspecified atom stereocenters. The van der Waals surface area contributed by atoms with E-state index in [-0.39, 0.29) is 0 Å². The van der Waals surface area contributed by atoms with Crippen molar-refractivity contribution in [1.29, 1.82) is 0 Å². The number of carbonyl (C=O) groups is 1. The van der Waals surface area contributed by atoms with Gasteiger partial charge in [0.2, 0.25) is 0 Å². The number of nitrogens with two attached hydrogens (primary N) is 1. The van der Waals surface area contributed by atoms with Crippen molar-refractivity contribution in [3.8, 4) is 22.8 Å². The lowest BCUT2D eigenvalue weighted by Gasteiger charge is -2.10. The molecule has 3 aromatic rings. The van der Waals surface area contributed by atoms with Gasteiger partial charge in [0.05, 0.1) is 18.4 Å². The number of esters is 1. The summed E-state index contributed by atoms with van der Waals surface area (Å²) in [6.45, 7) is 0. The molecule has 0 fully saturated rings. The van der Waals surface area contributed by atoms with E-state index in [9.17, 15) is 4.79 Å². The fraction of sp³-hybridized carbons (Fsp3) is 0.0526. The van der Waals surface area contributed by atoms with Gasteiger partial charge in [-0.25, -0.2) is 9.78 Å². The Morgan fingerprint density at radius 2 is 1.58 bits per heavy atom. The standard InChI is InChI=1S/C19H16N2O3/c1-23-19(22)16-11-12-17(20)21-18(16)13-7-9-15(10-8-13)24-14-5-3-2-4-6-14/h2-12H,1H3,(H2,20,21). The zero-order valence-corrected chi connectivity index (χ0v) is 13.1. The maximum Gasteiger partial charge on any atom is 0.340 e. The molecular formula is C19H16N2O3. The molecule has 1 heterocycles. The molecule has 0 saturated heterocycles. The number of hydrogen-bond donors (Lipinski definition) is 1. The highest BCUT2D eigenvalue weighted by Gasteiger charge is 2.15. The number of ether oxygens (including phenoxy) is 2. The van der Waals surface area contributed by atoms with Gasteiger partial charge < -0.3 is 15.2 Å². The van der Waals surface area contributed by atoms with Crippen LogP contribution in [0, 0.1) is 0 Å². The number of nitrogens with zero attached hydrogens (tertiary/aromatic N) is 1. The largest absolute Gasteiger partial charge is 0.465 e. The Morgan fingerprint density at radius 1 is 0.917 bits per heavy atom. The number of aromatic nitrogens is 1. The minimum Gasteiger partial charge on any atom is -0.465 e. The van der Waals surface area contributed by atoms with Crippen LogP contribution in [-0.4, -0.2) is 18.1 Å². The molecule has 0 aliphatic heterocycles. The van der Waals surface area contributed by atoms with Crippen LogP contribution >= 0.6 is 0 Å². The van der Waals surface area contributed by atoms with E-state index in [1.807, 2.05) is 54.6 Å². The first kappa shape index (κ1) is 15.6. The second kappa shape index (κ2) is 6.83. The minimum absolute atomic E-state index is 0.335. The van der Waals surface area contributed by atoms with Crippen LogP contribution in [-0.2, 0) is 4.74 Å². The second-order valence-electron chi connectivity index (χ2n) is 5.06. The molecule has 0 bridgehead atoms. The van der Waals surface area contributed by atoms with Crippen LogP contribution < -0.4 is 10.5 Å². The van der Waals surface area contributed by atoms with Gasteiger partial charge in [-0.15, -0.1) is 0 Å². The maximum atomic E-state index is 11.9. The minimum atomic E-state index is -0.456. The van der Waals surface area contributed by atoms with E-state index in [1.165, 1.54) is 7.11 Å². The van der Waals surface area contributed by atoms with Crippen LogP contribution in [0.2, 0.25) is 0 Å². The van der Waals surface area contributed by atoms with Gasteiger partial charge in [0.1, 0.15) is 17.3 Å². The number of hydrogen-bond acceptors (Lipinski definition) is 5. The average molecular weight is 320 g/mol. The highest BCUT2D eigenvalue weighted by molar-refractivity contribution is 5.96. The molecule has 0 aliphatic carbocycles. The maximum absolute atomic E-state index is 11.9. The lowest BCUT2D eigenvalue weighted by molar-refractivity contribution is 0.0601. The number of methoxy groups -OCH3 is 1. The lowest BCUT2D eigenvalue weighted by Crippen LogP contribution is -2.06. The molecule has 1 aromatic heterocycles. The van der Waals surface area contributed by atoms with Crippen molar-refractivity contribution in [2.45, 2.75) is 0 Å². The summed E-state index contributed by atoms with van der Waals surface area (Å²) in [5.41, 5.74) is 7.35. The van der Waals surface area contributed by atoms with Crippen LogP contribution in [0.1, 0.15) is 10.4 Å². The monoisotopic (exact) mass is 320 g/mol. The third-order valence-corrected chi connectivity index (χ3v) is 3.43. The van der Waals surface area contributed by atoms with Crippen molar-refractivity contribution in [3.63, 3.8) is 0 Å². The molecule has 120 valence electrons. The molecule has 24 heavy (non-hydrogen) atoms. The second-order valence-corrected chi connectivity index (χ2v) is 5.06. The zero-order chi connectivity index (χ0) is 16.9. The molecule has 0 radical (unpaired) electrons. The van der Waals surface area contributed by atoms with E-state index in [4.69, 9.17) is 15.2 Å². The average Bonchev–Trinajstić information content (AvgIpc) is 2.62. The topological polar surface area (TPSA) is 74.4 Å². The summed E-state index contributed by atoms with van der Waals surface area (Å²) in [4.78, 5) is 16.2. The van der Waals surface area contributed by atoms with Crippen molar-refractivity contribution in [1.82, 2.24) is 4.98 Å². The molecule has 2 aromatic carbocycles. The van der Waals surface area contributed by atoms with Gasteiger partial charge in [-0.3, -0.25) is 0 Å². The summed E-state index contributed by atoms with van der Waals surface area (Å²) < 4.78 is 10.6. The molecule has 5 nitrogen and oxygen atoms in total. The van der Waals surface area contributed by atoms with Crippen molar-refractivity contribution in [2.24, 2.45) is 0 Å². The van der Waals surface area contributed by atoms with Gasteiger partial charge in [-0.2, -0.15) is 0 Å². The highest BCUT2D eigenvalue weighted by atomic mass is 16.5. The number of benzene rings is 2. The molecule has 3 rings (SSSR count). The van der Waals surface area contributed by atoms with Crippen LogP contribution in [0.4, 0.5) is 5.82 Å². The number of anilines is 1. The molecule has 0 saturated carbocycles. The van der Waals surface area contributed by atoms with Crippen molar-refractivity contribution < 1.29 is 14.3 Å². The van der Waals surface area contributed by atoms with Crippen molar-refractivity contribution >= 4 is 11.8 Å². The highest BCUT2D eigenvalue weighted by Crippen LogP contribution is 2.27. The molecule has 2 N–H and O–H groups in total. The summed E-state index contributed by atoms with van der Waals surface area (Å²) in [5.74, 6) is 1.32. The van der Waals surface area contributed by atoms with Crippen molar-refractivity contribution in [3.05, 3.63) is 72.3 Å². The number of nitrogen functional groups attached to an aromatic ring is 1. The van der Waals surface area contributed by atoms with Crippen LogP contribution in [0.3, 0.4) is 0 Å². The summed E-state index contributed by atoms with van der Waals surface area (Å²) in [7, 11) is 1.33. The number of para-hydroxylation sites is 1. The number of rotatable bonds is 4. The van der Waals surface area contributed by atoms with Crippen molar-refractivity contribution in [2.75, 3.05) is 12.8 Å². The Bertz CT molecular complexity index is 846. The van der Waals surface area contributed by atoms with Crippen LogP contribution in [0.15, 0.2) is 66.7 Å². The molecule has 0 atom stereocenters. The molecule has 0 aliphatic rings. The fourth-order valence-corrected chi connectivity index (χ4v) is 2.27. The third-order valence-electron chi connectivity index (χ3n) is 3.43. The molecule has 0 spiro atoms. The van der Waals surface area contributed by atoms with Crippen LogP contribution in [0.25, 0.3) is 11.3 Å². The number of carbonyl (C=O) groups excluding carboxylic acids is 1. The smallest absolute Gasteiger partial charge is 0.340 e. The van der Waals surface area contributed by atoms with E-state index >= 15 is 0 Å². The first-order chi connectivity index (χ1) is 11.7. The molecule has 5 heteroatoms. The van der Waals surface area contributed by atoms with Crippen LogP contribution in [0.5, 0.6) is 11.5 Å². The van der Waals surface area contributed by atoms with Gasteiger partial charge in [-0.1, -0.05) is 18.2 Å². The number of pyridine rings is 1. The Balaban J connectivity index is 1.91. The first-order valence-electron chi connectivity index (χ1n) is 7.35. The van der Waals surface area contributed by atoms with Gasteiger partial charge >= 0.3 is 5.97 Å². The predicted molar refractivity (Wildman–Crippen MR) is 91.9 cm³/mol. The lowest BCUT2D eigenvalue weighted by atomic mass is 10.1. The third kappa shape index (κ3) is 3.35. The van der Waals surface area contributed by atoms with Gasteiger partial charge in [0, 0.05) is 5.56 Å². The first-order valence-corrected chi connectivity index (χ1v) is 7.35. The van der Waals surface area contributed by atoms with Gasteiger partial charge in [-0.05, 0) is 48.5 Å². The van der Waals surface area contributed by atoms with E-state index in [1.54, 1.807) is 12.1 Å². The normalized spacial score (nSPS) is 10.2. The van der Waals surface area contributed by atoms with Gasteiger partial charge in [0.25, 0.3) is 0 Å². The van der Waals surface area contributed by atoms with E-state index in [0.29, 0.717) is 22.8 Å². The Hall–Kier alpha value is -3.34. The Kier molecular flexibility index (Phi) is 4.43. The summed E-state index contributed by atoms with van der Waals surface area (Å²) in [6.07, 6.45) is 0. The summed E-state index contributed by atoms with van der Waals surface area (Å²) in [5, 5.41) is 0. The summed E-state index contributed by atoms with van der Waals surface area (Å²) in [6, 6.07) is 20.0. The van der Waals surface area contributed by atoms with Gasteiger partial charge in [0.15, 0.2) is 0 Å². The molecule has 0 amide bonds. The predicted octanol–water partition coefficient (Wildman–Crippen LogP) is 3.91. The summed E-state index contributed by atoms with van der Waals surface area (Å²) >= 11 is 0. The quantitative estimate of drug-likeness (QED) is 0.738. The zero-order valence-electron chi connectivity index (χ0n) is 13.1. The Labute approximate surface area is 139 Å². The van der Waals surface area contributed by atoms with E-state index in [2.05, 4.69) is 4.98 Å².